The van der Waals surface area contributed by atoms with Crippen molar-refractivity contribution in [3.05, 3.63) is 235 Å². The molecule has 0 bridgehead atoms. The summed E-state index contributed by atoms with van der Waals surface area (Å²) in [5.74, 6) is 0.403. The van der Waals surface area contributed by atoms with Crippen LogP contribution in [-0.4, -0.2) is 164 Å². The molecule has 2 aliphatic rings. The zero-order chi connectivity index (χ0) is 72.4. The average Bonchev–Trinajstić information content (AvgIpc) is 1.01. The van der Waals surface area contributed by atoms with Crippen molar-refractivity contribution in [3.8, 4) is 56.7 Å². The van der Waals surface area contributed by atoms with Crippen molar-refractivity contribution in [3.63, 3.8) is 0 Å². The average molecular weight is 1410 g/mol. The van der Waals surface area contributed by atoms with E-state index in [1.165, 1.54) is 19.0 Å². The third kappa shape index (κ3) is 19.2. The molecule has 0 spiro atoms. The van der Waals surface area contributed by atoms with E-state index in [0.29, 0.717) is 138 Å². The molecule has 1 saturated heterocycles. The first-order chi connectivity index (χ1) is 50.6. The number of methoxy groups -OCH3 is 1. The highest BCUT2D eigenvalue weighted by Crippen LogP contribution is 2.37. The van der Waals surface area contributed by atoms with Gasteiger partial charge in [-0.1, -0.05) is 36.4 Å². The molecule has 2 fully saturated rings. The third-order valence-electron chi connectivity index (χ3n) is 16.5. The highest BCUT2D eigenvalue weighted by molar-refractivity contribution is 6.06. The number of hydrogen-bond acceptors (Lipinski definition) is 20. The Labute approximate surface area is 596 Å². The van der Waals surface area contributed by atoms with Gasteiger partial charge in [0.1, 0.15) is 45.8 Å². The summed E-state index contributed by atoms with van der Waals surface area (Å²) in [5, 5.41) is 25.5. The molecule has 26 nitrogen and oxygen atoms in total. The minimum absolute atomic E-state index is 0.0637. The standard InChI is InChI=1S/C31H35F3N8O3.C24H23N7O.C20H16N6O/c1-40-10-12-41(13-11-40)29-24(31(32,33)34)19-22(20-36-29)18-23-6-5-8-26(37-23)30(43)38-27-21-42(14-15-45-17-16-44-2)39-28(27)25-7-3-4-9-35-25;1-31-15-21(23(30-31)19-5-2-3-11-25-19)29-24(32)20-7-4-6-18(28-20)17-10-12-26-22(13-17)27-14-16-8-9-16;1-26-13-18(19(25-26)16-5-2-3-10-22-16)24-20(27)17-7-4-6-15(23-17)14-8-11-21-12-9-14/h3-9,19-21H,10-18H2,1-2H3,(H,38,43);2-7,10-13,15-16H,8-9,14H2,1H3,(H,26,27)(H,29,32);2-13H,1H3,(H,24,27). The molecule has 12 aromatic rings. The molecule has 0 aromatic carbocycles. The molecule has 4 N–H and O–H groups in total. The van der Waals surface area contributed by atoms with Crippen LogP contribution in [0.2, 0.25) is 0 Å². The molecule has 104 heavy (non-hydrogen) atoms. The van der Waals surface area contributed by atoms with Gasteiger partial charge in [-0.3, -0.25) is 48.4 Å². The van der Waals surface area contributed by atoms with E-state index in [1.54, 1.807) is 144 Å². The van der Waals surface area contributed by atoms with Gasteiger partial charge in [-0.15, -0.1) is 0 Å². The lowest BCUT2D eigenvalue weighted by molar-refractivity contribution is -0.137. The van der Waals surface area contributed by atoms with Crippen molar-refractivity contribution in [1.29, 1.82) is 0 Å². The van der Waals surface area contributed by atoms with E-state index in [0.717, 1.165) is 35.5 Å². The Bertz CT molecular complexity index is 4860. The van der Waals surface area contributed by atoms with Crippen LogP contribution in [0.3, 0.4) is 0 Å². The van der Waals surface area contributed by atoms with E-state index in [4.69, 9.17) is 9.47 Å². The van der Waals surface area contributed by atoms with Crippen molar-refractivity contribution < 1.29 is 37.0 Å². The van der Waals surface area contributed by atoms with Crippen molar-refractivity contribution in [2.24, 2.45) is 20.0 Å². The minimum atomic E-state index is -4.57. The number of alkyl halides is 3. The Morgan fingerprint density at radius 2 is 1.06 bits per heavy atom. The van der Waals surface area contributed by atoms with Crippen LogP contribution in [0, 0.1) is 5.92 Å². The van der Waals surface area contributed by atoms with Gasteiger partial charge in [0.2, 0.25) is 0 Å². The van der Waals surface area contributed by atoms with Gasteiger partial charge >= 0.3 is 6.18 Å². The fourth-order valence-electron chi connectivity index (χ4n) is 11.0. The molecule has 0 radical (unpaired) electrons. The molecule has 12 aromatic heterocycles. The molecule has 1 aliphatic carbocycles. The predicted octanol–water partition coefficient (Wildman–Crippen LogP) is 11.2. The van der Waals surface area contributed by atoms with Crippen LogP contribution < -0.4 is 26.2 Å². The lowest BCUT2D eigenvalue weighted by Crippen LogP contribution is -2.45. The Balaban J connectivity index is 0.000000152. The summed E-state index contributed by atoms with van der Waals surface area (Å²) in [6, 6.07) is 40.8. The van der Waals surface area contributed by atoms with Crippen LogP contribution in [0.5, 0.6) is 0 Å². The van der Waals surface area contributed by atoms with Crippen LogP contribution in [-0.2, 0) is 42.7 Å². The van der Waals surface area contributed by atoms with Gasteiger partial charge in [0, 0.05) is 139 Å². The first kappa shape index (κ1) is 71.5. The van der Waals surface area contributed by atoms with Gasteiger partial charge in [-0.05, 0) is 134 Å². The van der Waals surface area contributed by atoms with E-state index in [-0.39, 0.29) is 29.7 Å². The highest BCUT2D eigenvalue weighted by Gasteiger charge is 2.37. The molecule has 1 aliphatic heterocycles. The largest absolute Gasteiger partial charge is 0.419 e. The molecule has 530 valence electrons. The summed E-state index contributed by atoms with van der Waals surface area (Å²) < 4.78 is 57.7. The maximum absolute atomic E-state index is 14.1. The van der Waals surface area contributed by atoms with Crippen molar-refractivity contribution in [2.45, 2.75) is 32.0 Å². The number of hydrogen-bond donors (Lipinski definition) is 4. The Hall–Kier alpha value is -12.3. The molecule has 1 saturated carbocycles. The number of nitrogens with one attached hydrogen (secondary N) is 4. The first-order valence-corrected chi connectivity index (χ1v) is 33.5. The molecule has 13 heterocycles. The summed E-state index contributed by atoms with van der Waals surface area (Å²) in [6.07, 6.45) is 14.9. The van der Waals surface area contributed by atoms with Crippen molar-refractivity contribution >= 4 is 46.4 Å². The number of aromatic nitrogens is 15. The predicted molar refractivity (Wildman–Crippen MR) is 387 cm³/mol. The molecule has 3 amide bonds. The number of piperazine rings is 1. The molecule has 0 atom stereocenters. The molecular formula is C75H74F3N21O5. The van der Waals surface area contributed by atoms with E-state index in [9.17, 15) is 27.6 Å². The fraction of sp³-hybridized carbons (Fsp3) is 0.240. The Kier molecular flexibility index (Phi) is 23.3. The smallest absolute Gasteiger partial charge is 0.382 e. The van der Waals surface area contributed by atoms with E-state index >= 15 is 0 Å². The van der Waals surface area contributed by atoms with Gasteiger partial charge in [0.25, 0.3) is 17.7 Å². The quantitative estimate of drug-likeness (QED) is 0.0433. The van der Waals surface area contributed by atoms with Crippen molar-refractivity contribution in [1.82, 2.24) is 79.1 Å². The van der Waals surface area contributed by atoms with Crippen LogP contribution in [0.4, 0.5) is 41.9 Å². The number of rotatable bonds is 23. The number of ether oxygens (including phenoxy) is 2. The Morgan fingerprint density at radius 3 is 1.61 bits per heavy atom. The summed E-state index contributed by atoms with van der Waals surface area (Å²) in [7, 11) is 7.14. The number of pyridine rings is 9. The van der Waals surface area contributed by atoms with Crippen molar-refractivity contribution in [2.75, 3.05) is 92.9 Å². The topological polar surface area (TPSA) is 294 Å². The summed E-state index contributed by atoms with van der Waals surface area (Å²) >= 11 is 0. The normalized spacial score (nSPS) is 12.9. The second kappa shape index (κ2) is 33.9. The number of aryl methyl sites for hydroxylation is 2. The van der Waals surface area contributed by atoms with Crippen LogP contribution in [0.15, 0.2) is 201 Å². The number of carbonyl (C=O) groups is 3. The van der Waals surface area contributed by atoms with Gasteiger partial charge < -0.3 is 40.5 Å². The molecule has 29 heteroatoms. The number of likely N-dealkylation sites (N-methyl/N-ethyl adjacent to an activating group) is 1. The monoisotopic (exact) mass is 1410 g/mol. The first-order valence-electron chi connectivity index (χ1n) is 33.5. The number of amides is 3. The maximum atomic E-state index is 14.1. The van der Waals surface area contributed by atoms with E-state index in [1.807, 2.05) is 92.0 Å². The molecule has 0 unspecified atom stereocenters. The zero-order valence-corrected chi connectivity index (χ0v) is 57.4. The van der Waals surface area contributed by atoms with Gasteiger partial charge in [0.15, 0.2) is 0 Å². The highest BCUT2D eigenvalue weighted by atomic mass is 19.4. The minimum Gasteiger partial charge on any atom is -0.382 e. The maximum Gasteiger partial charge on any atom is 0.419 e. The van der Waals surface area contributed by atoms with Crippen LogP contribution in [0.25, 0.3) is 56.7 Å². The lowest BCUT2D eigenvalue weighted by atomic mass is 10.1. The number of halogens is 3. The SMILES string of the molecule is COCCOCCn1cc(NC(=O)c2cccc(Cc3cnc(N4CCN(C)CC4)c(C(F)(F)F)c3)n2)c(-c2ccccn2)n1.Cn1cc(NC(=O)c2cccc(-c3ccnc(NCC4CC4)c3)n2)c(-c2ccccn2)n1.Cn1cc(NC(=O)c2cccc(-c3ccncc3)n2)c(-c2ccccn2)n1. The van der Waals surface area contributed by atoms with Gasteiger partial charge in [-0.25, -0.2) is 24.9 Å². The van der Waals surface area contributed by atoms with Crippen LogP contribution in [0.1, 0.15) is 61.1 Å². The fourth-order valence-corrected chi connectivity index (χ4v) is 11.0. The second-order valence-electron chi connectivity index (χ2n) is 24.4. The Morgan fingerprint density at radius 1 is 0.529 bits per heavy atom. The zero-order valence-electron chi connectivity index (χ0n) is 57.4. The number of carbonyl (C=O) groups excluding carboxylic acids is 3. The second-order valence-corrected chi connectivity index (χ2v) is 24.4. The van der Waals surface area contributed by atoms with E-state index in [2.05, 4.69) is 86.3 Å². The molecule has 14 rings (SSSR count). The number of anilines is 5. The summed E-state index contributed by atoms with van der Waals surface area (Å²) in [4.78, 5) is 81.9. The summed E-state index contributed by atoms with van der Waals surface area (Å²) in [5.41, 5.74) is 9.20. The van der Waals surface area contributed by atoms with E-state index < -0.39 is 17.6 Å². The number of nitrogens with zero attached hydrogens (tertiary/aromatic N) is 17. The summed E-state index contributed by atoms with van der Waals surface area (Å²) in [6.45, 7) is 4.95. The van der Waals surface area contributed by atoms with Gasteiger partial charge in [-0.2, -0.15) is 28.5 Å². The van der Waals surface area contributed by atoms with Gasteiger partial charge in [0.05, 0.1) is 77.5 Å². The lowest BCUT2D eigenvalue weighted by Gasteiger charge is -2.34. The third-order valence-corrected chi connectivity index (χ3v) is 16.5. The van der Waals surface area contributed by atoms with Crippen LogP contribution >= 0.6 is 0 Å². The molecular weight excluding hydrogens is 1330 g/mol.